The van der Waals surface area contributed by atoms with Crippen molar-refractivity contribution in [2.75, 3.05) is 33.7 Å². The van der Waals surface area contributed by atoms with E-state index in [0.717, 1.165) is 17.8 Å². The van der Waals surface area contributed by atoms with Crippen molar-refractivity contribution >= 4 is 17.9 Å². The highest BCUT2D eigenvalue weighted by Gasteiger charge is 2.32. The Bertz CT molecular complexity index is 1350. The summed E-state index contributed by atoms with van der Waals surface area (Å²) in [6.45, 7) is 17.4. The van der Waals surface area contributed by atoms with Crippen LogP contribution in [0, 0.1) is 6.92 Å². The number of aryl methyl sites for hydroxylation is 1. The summed E-state index contributed by atoms with van der Waals surface area (Å²) in [6, 6.07) is 0. The van der Waals surface area contributed by atoms with Crippen LogP contribution < -0.4 is 5.32 Å². The Morgan fingerprint density at radius 3 is 2.44 bits per heavy atom. The molecule has 1 saturated heterocycles. The van der Waals surface area contributed by atoms with E-state index in [1.54, 1.807) is 31.2 Å². The fraction of sp³-hybridized carbons (Fsp3) is 0.394. The van der Waals surface area contributed by atoms with Gasteiger partial charge < -0.3 is 20.1 Å². The maximum atomic E-state index is 15.1. The van der Waals surface area contributed by atoms with Gasteiger partial charge in [-0.1, -0.05) is 57.7 Å². The lowest BCUT2D eigenvalue weighted by atomic mass is 9.92. The molecule has 1 aromatic rings. The first-order valence-electron chi connectivity index (χ1n) is 14.2. The molecule has 2 amide bonds. The van der Waals surface area contributed by atoms with Crippen molar-refractivity contribution in [3.05, 3.63) is 99.1 Å². The van der Waals surface area contributed by atoms with Crippen LogP contribution in [0.4, 0.5) is 8.78 Å². The number of amides is 2. The van der Waals surface area contributed by atoms with Crippen LogP contribution >= 0.6 is 0 Å². The van der Waals surface area contributed by atoms with E-state index in [1.807, 2.05) is 58.5 Å². The lowest BCUT2D eigenvalue weighted by molar-refractivity contribution is -0.115. The number of rotatable bonds is 9. The second-order valence-electron chi connectivity index (χ2n) is 9.77. The maximum absolute atomic E-state index is 15.1. The Morgan fingerprint density at radius 1 is 1.17 bits per heavy atom. The molecule has 222 valence electrons. The van der Waals surface area contributed by atoms with Gasteiger partial charge in [-0.25, -0.2) is 8.78 Å². The van der Waals surface area contributed by atoms with Gasteiger partial charge in [0, 0.05) is 54.3 Å². The zero-order chi connectivity index (χ0) is 30.9. The fourth-order valence-corrected chi connectivity index (χ4v) is 4.72. The molecule has 2 N–H and O–H groups in total. The molecule has 1 aliphatic heterocycles. The summed E-state index contributed by atoms with van der Waals surface area (Å²) in [5, 5.41) is 2.72. The minimum atomic E-state index is -0.971. The molecule has 3 rings (SSSR count). The van der Waals surface area contributed by atoms with Crippen molar-refractivity contribution in [1.82, 2.24) is 20.1 Å². The summed E-state index contributed by atoms with van der Waals surface area (Å²) < 4.78 is 29.5. The van der Waals surface area contributed by atoms with Crippen LogP contribution in [0.25, 0.3) is 6.08 Å². The van der Waals surface area contributed by atoms with Gasteiger partial charge in [0.05, 0.1) is 11.1 Å². The van der Waals surface area contributed by atoms with Gasteiger partial charge in [0.25, 0.3) is 11.8 Å². The topological polar surface area (TPSA) is 68.4 Å². The number of carbonyl (C=O) groups excluding carboxylic acids is 2. The van der Waals surface area contributed by atoms with E-state index >= 15 is 4.39 Å². The van der Waals surface area contributed by atoms with Crippen molar-refractivity contribution in [1.29, 1.82) is 0 Å². The largest absolute Gasteiger partial charge is 0.358 e. The number of nitrogens with one attached hydrogen (secondary N) is 2. The Morgan fingerprint density at radius 2 is 1.85 bits per heavy atom. The minimum Gasteiger partial charge on any atom is -0.358 e. The lowest BCUT2D eigenvalue weighted by Gasteiger charge is -2.23. The predicted molar refractivity (Wildman–Crippen MR) is 165 cm³/mol. The molecule has 2 aliphatic rings. The number of hydrogen-bond acceptors (Lipinski definition) is 3. The molecule has 1 aromatic heterocycles. The average molecular weight is 567 g/mol. The fourth-order valence-electron chi connectivity index (χ4n) is 4.72. The third kappa shape index (κ3) is 7.50. The molecule has 0 spiro atoms. The van der Waals surface area contributed by atoms with Gasteiger partial charge in [-0.05, 0) is 58.5 Å². The van der Waals surface area contributed by atoms with E-state index in [1.165, 1.54) is 12.2 Å². The van der Waals surface area contributed by atoms with Gasteiger partial charge in [0.1, 0.15) is 5.83 Å². The molecular formula is C33H44F2N4O2. The van der Waals surface area contributed by atoms with Crippen molar-refractivity contribution in [2.45, 2.75) is 54.4 Å². The Labute approximate surface area is 243 Å². The molecule has 2 heterocycles. The summed E-state index contributed by atoms with van der Waals surface area (Å²) in [6.07, 6.45) is 10.1. The molecule has 0 aromatic carbocycles. The highest BCUT2D eigenvalue weighted by atomic mass is 19.2. The van der Waals surface area contributed by atoms with Crippen LogP contribution in [0.1, 0.15) is 68.3 Å². The van der Waals surface area contributed by atoms with Gasteiger partial charge in [-0.3, -0.25) is 9.59 Å². The van der Waals surface area contributed by atoms with E-state index in [9.17, 15) is 14.0 Å². The molecule has 0 radical (unpaired) electrons. The van der Waals surface area contributed by atoms with Crippen molar-refractivity contribution in [3.63, 3.8) is 0 Å². The number of allylic oxidation sites excluding steroid dienone is 10. The molecule has 41 heavy (non-hydrogen) atoms. The number of H-pyrrole nitrogens is 1. The molecule has 0 bridgehead atoms. The molecule has 1 aliphatic carbocycles. The maximum Gasteiger partial charge on any atom is 0.256 e. The average Bonchev–Trinajstić information content (AvgIpc) is 3.35. The summed E-state index contributed by atoms with van der Waals surface area (Å²) in [4.78, 5) is 33.9. The number of hydrogen-bond donors (Lipinski definition) is 2. The number of halogens is 2. The SMILES string of the molecule is C=C1NC(=O)C(=C\c2[nH]c(CC)c(C(=O)N(CC)CCN(C)C)c2C)/C1=C(/C=C\C)C1=CC=CCC(F)=C1F.CC. The van der Waals surface area contributed by atoms with E-state index in [2.05, 4.69) is 16.9 Å². The normalized spacial score (nSPS) is 17.6. The second-order valence-corrected chi connectivity index (χ2v) is 9.77. The molecule has 8 heteroatoms. The minimum absolute atomic E-state index is 0.0331. The van der Waals surface area contributed by atoms with Crippen LogP contribution in [0.15, 0.2) is 76.6 Å². The van der Waals surface area contributed by atoms with E-state index in [4.69, 9.17) is 0 Å². The molecule has 1 fully saturated rings. The summed E-state index contributed by atoms with van der Waals surface area (Å²) in [5.74, 6) is -2.33. The number of carbonyl (C=O) groups is 2. The summed E-state index contributed by atoms with van der Waals surface area (Å²) in [5.41, 5.74) is 3.98. The van der Waals surface area contributed by atoms with Gasteiger partial charge in [0.2, 0.25) is 0 Å². The van der Waals surface area contributed by atoms with Crippen LogP contribution in [0.2, 0.25) is 0 Å². The van der Waals surface area contributed by atoms with Gasteiger partial charge in [-0.2, -0.15) is 0 Å². The molecule has 0 atom stereocenters. The van der Waals surface area contributed by atoms with Crippen LogP contribution in [-0.2, 0) is 11.2 Å². The van der Waals surface area contributed by atoms with Gasteiger partial charge in [0.15, 0.2) is 5.83 Å². The number of aromatic amines is 1. The first-order valence-corrected chi connectivity index (χ1v) is 14.2. The highest BCUT2D eigenvalue weighted by molar-refractivity contribution is 6.10. The van der Waals surface area contributed by atoms with E-state index in [-0.39, 0.29) is 23.5 Å². The quantitative estimate of drug-likeness (QED) is 0.321. The molecule has 6 nitrogen and oxygen atoms in total. The van der Waals surface area contributed by atoms with E-state index < -0.39 is 17.6 Å². The predicted octanol–water partition coefficient (Wildman–Crippen LogP) is 6.87. The third-order valence-electron chi connectivity index (χ3n) is 6.85. The Hall–Kier alpha value is -3.78. The van der Waals surface area contributed by atoms with Crippen LogP contribution in [0.5, 0.6) is 0 Å². The zero-order valence-corrected chi connectivity index (χ0v) is 25.7. The Balaban J connectivity index is 0.00000287. The smallest absolute Gasteiger partial charge is 0.256 e. The van der Waals surface area contributed by atoms with Crippen molar-refractivity contribution < 1.29 is 18.4 Å². The molecular weight excluding hydrogens is 522 g/mol. The number of likely N-dealkylation sites (N-methyl/N-ethyl adjacent to an activating group) is 2. The monoisotopic (exact) mass is 566 g/mol. The summed E-state index contributed by atoms with van der Waals surface area (Å²) in [7, 11) is 3.93. The lowest BCUT2D eigenvalue weighted by Crippen LogP contribution is -2.37. The van der Waals surface area contributed by atoms with Crippen molar-refractivity contribution in [3.8, 4) is 0 Å². The standard InChI is InChI=1S/C31H38F2N4O2.C2H6/c1-8-13-21(22-14-11-12-15-24(32)29(22)33)28-20(5)34-30(38)23(28)18-26-19(4)27(25(9-2)35-26)31(39)37(10-3)17-16-36(6)7;1-2/h8,11-14,18,35H,5,9-10,15-17H2,1-4,6-7H3,(H,34,38);1-2H3/b13-8-,23-18-,28-21-;. The first kappa shape index (κ1) is 33.4. The molecule has 0 saturated carbocycles. The van der Waals surface area contributed by atoms with Crippen LogP contribution in [-0.4, -0.2) is 60.3 Å². The first-order chi connectivity index (χ1) is 19.5. The molecule has 0 unspecified atom stereocenters. The Kier molecular flexibility index (Phi) is 12.5. The summed E-state index contributed by atoms with van der Waals surface area (Å²) >= 11 is 0. The number of aromatic nitrogens is 1. The third-order valence-corrected chi connectivity index (χ3v) is 6.85. The van der Waals surface area contributed by atoms with Gasteiger partial charge >= 0.3 is 0 Å². The van der Waals surface area contributed by atoms with Gasteiger partial charge in [-0.15, -0.1) is 0 Å². The van der Waals surface area contributed by atoms with E-state index in [0.29, 0.717) is 47.6 Å². The number of nitrogens with zero attached hydrogens (tertiary/aromatic N) is 2. The second kappa shape index (κ2) is 15.3. The highest BCUT2D eigenvalue weighted by Crippen LogP contribution is 2.38. The van der Waals surface area contributed by atoms with Crippen LogP contribution in [0.3, 0.4) is 0 Å². The van der Waals surface area contributed by atoms with Crippen molar-refractivity contribution in [2.24, 2.45) is 0 Å². The zero-order valence-electron chi connectivity index (χ0n) is 25.7.